The number of nitrogens with zero attached hydrogens (tertiary/aromatic N) is 2. The summed E-state index contributed by atoms with van der Waals surface area (Å²) in [6.45, 7) is 8.11. The van der Waals surface area contributed by atoms with Crippen molar-refractivity contribution in [3.8, 4) is 5.75 Å². The topological polar surface area (TPSA) is 46.1 Å². The quantitative estimate of drug-likeness (QED) is 0.500. The van der Waals surface area contributed by atoms with Crippen LogP contribution in [0, 0.1) is 5.41 Å². The van der Waals surface area contributed by atoms with Crippen molar-refractivity contribution in [1.29, 1.82) is 0 Å². The first-order valence-electron chi connectivity index (χ1n) is 10.0. The molecule has 2 aromatic carbocycles. The molecule has 4 rings (SSSR count). The number of fused-ring (bicyclic) bond motifs is 1. The maximum absolute atomic E-state index is 6.03. The molecular formula is C22H29N3O2. The molecule has 5 nitrogen and oxygen atoms in total. The largest absolute Gasteiger partial charge is 0.491 e. The highest BCUT2D eigenvalue weighted by molar-refractivity contribution is 5.88. The zero-order valence-corrected chi connectivity index (χ0v) is 16.1. The van der Waals surface area contributed by atoms with Crippen molar-refractivity contribution in [2.75, 3.05) is 46.0 Å². The van der Waals surface area contributed by atoms with Crippen LogP contribution in [0.4, 0.5) is 0 Å². The molecule has 0 saturated carbocycles. The molecule has 1 N–H and O–H groups in total. The third-order valence-electron chi connectivity index (χ3n) is 5.62. The van der Waals surface area contributed by atoms with Gasteiger partial charge in [0.05, 0.1) is 13.2 Å². The van der Waals surface area contributed by atoms with Crippen molar-refractivity contribution >= 4 is 16.7 Å². The van der Waals surface area contributed by atoms with Gasteiger partial charge in [0.1, 0.15) is 12.4 Å². The lowest BCUT2D eigenvalue weighted by Crippen LogP contribution is -2.41. The van der Waals surface area contributed by atoms with E-state index in [0.717, 1.165) is 49.9 Å². The van der Waals surface area contributed by atoms with Gasteiger partial charge in [-0.3, -0.25) is 0 Å². The minimum absolute atomic E-state index is 0.343. The van der Waals surface area contributed by atoms with E-state index in [-0.39, 0.29) is 0 Å². The number of likely N-dealkylation sites (tertiary alicyclic amines) is 1. The first kappa shape index (κ1) is 18.1. The molecule has 1 unspecified atom stereocenters. The molecule has 0 aromatic heterocycles. The third-order valence-corrected chi connectivity index (χ3v) is 5.62. The van der Waals surface area contributed by atoms with Crippen LogP contribution in [0.5, 0.6) is 5.75 Å². The number of guanidine groups is 1. The average molecular weight is 367 g/mol. The zero-order chi connectivity index (χ0) is 18.5. The molecule has 27 heavy (non-hydrogen) atoms. The maximum Gasteiger partial charge on any atom is 0.194 e. The highest BCUT2D eigenvalue weighted by atomic mass is 16.5. The lowest BCUT2D eigenvalue weighted by atomic mass is 9.87. The molecule has 144 valence electrons. The van der Waals surface area contributed by atoms with Crippen LogP contribution in [0.3, 0.4) is 0 Å². The summed E-state index contributed by atoms with van der Waals surface area (Å²) in [6, 6.07) is 14.5. The van der Waals surface area contributed by atoms with E-state index in [1.54, 1.807) is 0 Å². The van der Waals surface area contributed by atoms with Crippen molar-refractivity contribution in [2.24, 2.45) is 10.4 Å². The van der Waals surface area contributed by atoms with E-state index in [2.05, 4.69) is 41.4 Å². The Labute approximate surface area is 161 Å². The van der Waals surface area contributed by atoms with Crippen molar-refractivity contribution in [3.63, 3.8) is 0 Å². The van der Waals surface area contributed by atoms with E-state index >= 15 is 0 Å². The van der Waals surface area contributed by atoms with E-state index in [0.29, 0.717) is 18.6 Å². The van der Waals surface area contributed by atoms with Crippen LogP contribution in [0.15, 0.2) is 47.5 Å². The number of hydrogen-bond acceptors (Lipinski definition) is 3. The van der Waals surface area contributed by atoms with Crippen LogP contribution < -0.4 is 10.1 Å². The van der Waals surface area contributed by atoms with Gasteiger partial charge < -0.3 is 19.7 Å². The van der Waals surface area contributed by atoms with Crippen LogP contribution in [0.1, 0.15) is 19.8 Å². The van der Waals surface area contributed by atoms with Crippen LogP contribution >= 0.6 is 0 Å². The monoisotopic (exact) mass is 367 g/mol. The molecular weight excluding hydrogens is 338 g/mol. The van der Waals surface area contributed by atoms with Crippen LogP contribution in [0.2, 0.25) is 0 Å². The summed E-state index contributed by atoms with van der Waals surface area (Å²) in [7, 11) is 0. The van der Waals surface area contributed by atoms with Crippen molar-refractivity contribution < 1.29 is 9.47 Å². The number of nitrogens with one attached hydrogen (secondary N) is 1. The predicted molar refractivity (Wildman–Crippen MR) is 109 cm³/mol. The lowest BCUT2D eigenvalue weighted by molar-refractivity contribution is 0.156. The highest BCUT2D eigenvalue weighted by Gasteiger charge is 2.42. The number of benzene rings is 2. The van der Waals surface area contributed by atoms with Gasteiger partial charge in [-0.15, -0.1) is 0 Å². The molecule has 1 atom stereocenters. The summed E-state index contributed by atoms with van der Waals surface area (Å²) in [6.07, 6.45) is 2.37. The van der Waals surface area contributed by atoms with Crippen LogP contribution in [-0.4, -0.2) is 56.9 Å². The van der Waals surface area contributed by atoms with Gasteiger partial charge in [0, 0.05) is 37.0 Å². The number of ether oxygens (including phenoxy) is 2. The summed E-state index contributed by atoms with van der Waals surface area (Å²) in [5.41, 5.74) is 0.343. The van der Waals surface area contributed by atoms with E-state index < -0.39 is 0 Å². The molecule has 5 heteroatoms. The SMILES string of the molecule is CCNC(=NCCOc1cccc2ccccc12)N1CCC2(CCOC2)C1. The van der Waals surface area contributed by atoms with Crippen molar-refractivity contribution in [3.05, 3.63) is 42.5 Å². The second-order valence-electron chi connectivity index (χ2n) is 7.54. The summed E-state index contributed by atoms with van der Waals surface area (Å²) < 4.78 is 11.7. The Morgan fingerprint density at radius 1 is 1.22 bits per heavy atom. The Morgan fingerprint density at radius 2 is 2.11 bits per heavy atom. The molecule has 2 aromatic rings. The Balaban J connectivity index is 1.36. The normalized spacial score (nSPS) is 22.7. The fraction of sp³-hybridized carbons (Fsp3) is 0.500. The van der Waals surface area contributed by atoms with Crippen molar-refractivity contribution in [2.45, 2.75) is 19.8 Å². The third kappa shape index (κ3) is 4.03. The van der Waals surface area contributed by atoms with Crippen LogP contribution in [0.25, 0.3) is 10.8 Å². The molecule has 0 amide bonds. The maximum atomic E-state index is 6.03. The predicted octanol–water partition coefficient (Wildman–Crippen LogP) is 3.30. The fourth-order valence-electron chi connectivity index (χ4n) is 4.14. The van der Waals surface area contributed by atoms with E-state index in [1.807, 2.05) is 18.2 Å². The van der Waals surface area contributed by atoms with Gasteiger partial charge in [0.15, 0.2) is 5.96 Å². The number of rotatable bonds is 5. The molecule has 0 radical (unpaired) electrons. The minimum Gasteiger partial charge on any atom is -0.491 e. The van der Waals surface area contributed by atoms with Gasteiger partial charge in [-0.25, -0.2) is 4.99 Å². The molecule has 2 aliphatic rings. The fourth-order valence-corrected chi connectivity index (χ4v) is 4.14. The molecule has 2 heterocycles. The molecule has 2 saturated heterocycles. The second kappa shape index (κ2) is 8.17. The minimum atomic E-state index is 0.343. The molecule has 2 aliphatic heterocycles. The molecule has 1 spiro atoms. The molecule has 2 fully saturated rings. The Morgan fingerprint density at radius 3 is 2.96 bits per heavy atom. The summed E-state index contributed by atoms with van der Waals surface area (Å²) in [4.78, 5) is 7.20. The van der Waals surface area contributed by atoms with E-state index in [9.17, 15) is 0 Å². The number of aliphatic imine (C=N–C) groups is 1. The smallest absolute Gasteiger partial charge is 0.194 e. The summed E-state index contributed by atoms with van der Waals surface area (Å²) in [5.74, 6) is 1.93. The number of hydrogen-bond donors (Lipinski definition) is 1. The van der Waals surface area contributed by atoms with Crippen LogP contribution in [-0.2, 0) is 4.74 Å². The highest BCUT2D eigenvalue weighted by Crippen LogP contribution is 2.38. The van der Waals surface area contributed by atoms with Gasteiger partial charge >= 0.3 is 0 Å². The van der Waals surface area contributed by atoms with Gasteiger partial charge in [0.2, 0.25) is 0 Å². The van der Waals surface area contributed by atoms with Crippen molar-refractivity contribution in [1.82, 2.24) is 10.2 Å². The van der Waals surface area contributed by atoms with Gasteiger partial charge in [0.25, 0.3) is 0 Å². The first-order valence-corrected chi connectivity index (χ1v) is 10.0. The van der Waals surface area contributed by atoms with Gasteiger partial charge in [-0.2, -0.15) is 0 Å². The lowest BCUT2D eigenvalue weighted by Gasteiger charge is -2.25. The Kier molecular flexibility index (Phi) is 5.48. The second-order valence-corrected chi connectivity index (χ2v) is 7.54. The Bertz CT molecular complexity index is 794. The van der Waals surface area contributed by atoms with Gasteiger partial charge in [-0.1, -0.05) is 36.4 Å². The molecule has 0 aliphatic carbocycles. The van der Waals surface area contributed by atoms with Gasteiger partial charge in [-0.05, 0) is 31.2 Å². The Hall–Kier alpha value is -2.27. The summed E-state index contributed by atoms with van der Waals surface area (Å²) in [5, 5.41) is 5.79. The van der Waals surface area contributed by atoms with E-state index in [4.69, 9.17) is 14.5 Å². The summed E-state index contributed by atoms with van der Waals surface area (Å²) >= 11 is 0. The standard InChI is InChI=1S/C22H29N3O2/c1-2-23-21(25-13-10-22(16-25)11-14-26-17-22)24-12-15-27-20-9-5-7-18-6-3-4-8-19(18)20/h3-9H,2,10-17H2,1H3,(H,23,24). The molecule has 0 bridgehead atoms. The first-order chi connectivity index (χ1) is 13.3. The van der Waals surface area contributed by atoms with E-state index in [1.165, 1.54) is 18.2 Å². The zero-order valence-electron chi connectivity index (χ0n) is 16.1. The average Bonchev–Trinajstić information content (AvgIpc) is 3.34.